The molecule has 1 saturated heterocycles. The highest BCUT2D eigenvalue weighted by Crippen LogP contribution is 2.21. The monoisotopic (exact) mass is 131 g/mol. The Morgan fingerprint density at radius 1 is 1.75 bits per heavy atom. The van der Waals surface area contributed by atoms with Crippen LogP contribution in [0.25, 0.3) is 0 Å². The van der Waals surface area contributed by atoms with E-state index in [9.17, 15) is 4.79 Å². The average molecular weight is 131 g/mol. The summed E-state index contributed by atoms with van der Waals surface area (Å²) >= 11 is 1.69. The smallest absolute Gasteiger partial charge is 0.226 e. The van der Waals surface area contributed by atoms with Crippen molar-refractivity contribution in [3.63, 3.8) is 0 Å². The van der Waals surface area contributed by atoms with Gasteiger partial charge in [0.15, 0.2) is 0 Å². The molecule has 0 aromatic heterocycles. The average Bonchev–Trinajstić information content (AvgIpc) is 1.81. The summed E-state index contributed by atoms with van der Waals surface area (Å²) in [6.07, 6.45) is 2.00. The van der Waals surface area contributed by atoms with Crippen LogP contribution in [0, 0.1) is 5.92 Å². The first-order valence-corrected chi connectivity index (χ1v) is 3.87. The Labute approximate surface area is 53.0 Å². The molecule has 0 aromatic carbocycles. The Kier molecular flexibility index (Phi) is 1.47. The van der Waals surface area contributed by atoms with Gasteiger partial charge in [-0.3, -0.25) is 4.79 Å². The second-order valence-corrected chi connectivity index (χ2v) is 2.93. The SMILES string of the molecule is CS[C@H]1NC(=O)[C@H]1C. The first-order valence-electron chi connectivity index (χ1n) is 2.59. The van der Waals surface area contributed by atoms with Crippen LogP contribution in [-0.2, 0) is 4.79 Å². The molecule has 0 saturated carbocycles. The van der Waals surface area contributed by atoms with Crippen molar-refractivity contribution in [1.29, 1.82) is 0 Å². The highest BCUT2D eigenvalue weighted by Gasteiger charge is 2.33. The van der Waals surface area contributed by atoms with Gasteiger partial charge in [-0.25, -0.2) is 0 Å². The lowest BCUT2D eigenvalue weighted by Gasteiger charge is -2.32. The van der Waals surface area contributed by atoms with Crippen LogP contribution in [0.15, 0.2) is 0 Å². The van der Waals surface area contributed by atoms with Gasteiger partial charge in [0.25, 0.3) is 0 Å². The van der Waals surface area contributed by atoms with Crippen LogP contribution < -0.4 is 5.32 Å². The van der Waals surface area contributed by atoms with E-state index in [2.05, 4.69) is 5.32 Å². The number of hydrogen-bond acceptors (Lipinski definition) is 2. The highest BCUT2D eigenvalue weighted by atomic mass is 32.2. The standard InChI is InChI=1S/C5H9NOS/c1-3-4(7)6-5(3)8-2/h3,5H,1-2H3,(H,6,7)/t3-,5-/m1/s1. The Morgan fingerprint density at radius 2 is 2.38 bits per heavy atom. The van der Waals surface area contributed by atoms with Crippen molar-refractivity contribution in [3.8, 4) is 0 Å². The predicted molar refractivity (Wildman–Crippen MR) is 34.6 cm³/mol. The van der Waals surface area contributed by atoms with E-state index in [1.165, 1.54) is 0 Å². The molecule has 2 atom stereocenters. The van der Waals surface area contributed by atoms with E-state index >= 15 is 0 Å². The normalized spacial score (nSPS) is 36.0. The van der Waals surface area contributed by atoms with Crippen LogP contribution in [0.2, 0.25) is 0 Å². The molecule has 8 heavy (non-hydrogen) atoms. The summed E-state index contributed by atoms with van der Waals surface area (Å²) in [5.74, 6) is 0.411. The number of thioether (sulfide) groups is 1. The molecule has 46 valence electrons. The largest absolute Gasteiger partial charge is 0.343 e. The molecule has 0 bridgehead atoms. The Morgan fingerprint density at radius 3 is 2.50 bits per heavy atom. The molecule has 0 aromatic rings. The van der Waals surface area contributed by atoms with Crippen molar-refractivity contribution in [2.75, 3.05) is 6.26 Å². The molecule has 0 aliphatic carbocycles. The lowest BCUT2D eigenvalue weighted by atomic mass is 10.1. The van der Waals surface area contributed by atoms with Crippen LogP contribution >= 0.6 is 11.8 Å². The van der Waals surface area contributed by atoms with E-state index < -0.39 is 0 Å². The van der Waals surface area contributed by atoms with Crippen molar-refractivity contribution in [3.05, 3.63) is 0 Å². The number of carbonyl (C=O) groups is 1. The van der Waals surface area contributed by atoms with Gasteiger partial charge in [-0.1, -0.05) is 6.92 Å². The van der Waals surface area contributed by atoms with Gasteiger partial charge in [-0.2, -0.15) is 0 Å². The van der Waals surface area contributed by atoms with E-state index in [1.54, 1.807) is 11.8 Å². The lowest BCUT2D eigenvalue weighted by Crippen LogP contribution is -2.54. The second-order valence-electron chi connectivity index (χ2n) is 1.95. The zero-order chi connectivity index (χ0) is 6.15. The molecular weight excluding hydrogens is 122 g/mol. The predicted octanol–water partition coefficient (Wildman–Crippen LogP) is 0.441. The van der Waals surface area contributed by atoms with Crippen molar-refractivity contribution in [1.82, 2.24) is 5.32 Å². The molecule has 1 rings (SSSR count). The molecule has 1 amide bonds. The molecule has 1 fully saturated rings. The highest BCUT2D eigenvalue weighted by molar-refractivity contribution is 7.99. The Balaban J connectivity index is 2.35. The molecule has 1 N–H and O–H groups in total. The van der Waals surface area contributed by atoms with E-state index in [1.807, 2.05) is 13.2 Å². The summed E-state index contributed by atoms with van der Waals surface area (Å²) in [5, 5.41) is 3.14. The molecule has 0 unspecified atom stereocenters. The number of β-lactam (4-membered cyclic amide) rings is 1. The van der Waals surface area contributed by atoms with E-state index in [4.69, 9.17) is 0 Å². The zero-order valence-corrected chi connectivity index (χ0v) is 5.79. The number of amides is 1. The summed E-state index contributed by atoms with van der Waals surface area (Å²) in [4.78, 5) is 10.5. The quantitative estimate of drug-likeness (QED) is 0.523. The third-order valence-electron chi connectivity index (χ3n) is 1.41. The minimum absolute atomic E-state index is 0.185. The summed E-state index contributed by atoms with van der Waals surface area (Å²) in [7, 11) is 0. The van der Waals surface area contributed by atoms with E-state index in [0.717, 1.165) is 0 Å². The summed E-state index contributed by atoms with van der Waals surface area (Å²) in [6.45, 7) is 1.94. The van der Waals surface area contributed by atoms with Crippen LogP contribution in [0.1, 0.15) is 6.92 Å². The third-order valence-corrected chi connectivity index (χ3v) is 2.44. The van der Waals surface area contributed by atoms with Gasteiger partial charge < -0.3 is 5.32 Å². The maximum absolute atomic E-state index is 10.5. The summed E-state index contributed by atoms with van der Waals surface area (Å²) in [6, 6.07) is 0. The summed E-state index contributed by atoms with van der Waals surface area (Å²) < 4.78 is 0. The Hall–Kier alpha value is -0.180. The van der Waals surface area contributed by atoms with Gasteiger partial charge in [0.1, 0.15) is 0 Å². The fraction of sp³-hybridized carbons (Fsp3) is 0.800. The lowest BCUT2D eigenvalue weighted by molar-refractivity contribution is -0.131. The van der Waals surface area contributed by atoms with Crippen LogP contribution in [-0.4, -0.2) is 17.5 Å². The minimum Gasteiger partial charge on any atom is -0.343 e. The number of nitrogens with one attached hydrogen (secondary N) is 1. The van der Waals surface area contributed by atoms with Crippen LogP contribution in [0.5, 0.6) is 0 Å². The van der Waals surface area contributed by atoms with Crippen LogP contribution in [0.3, 0.4) is 0 Å². The van der Waals surface area contributed by atoms with Gasteiger partial charge in [-0.15, -0.1) is 11.8 Å². The minimum atomic E-state index is 0.185. The van der Waals surface area contributed by atoms with Gasteiger partial charge in [-0.05, 0) is 6.26 Å². The molecule has 0 spiro atoms. The fourth-order valence-electron chi connectivity index (χ4n) is 0.701. The maximum atomic E-state index is 10.5. The molecular formula is C5H9NOS. The first-order chi connectivity index (χ1) is 3.75. The molecule has 1 aliphatic rings. The van der Waals surface area contributed by atoms with Gasteiger partial charge in [0, 0.05) is 0 Å². The summed E-state index contributed by atoms with van der Waals surface area (Å²) in [5.41, 5.74) is 0. The number of rotatable bonds is 1. The van der Waals surface area contributed by atoms with Crippen molar-refractivity contribution in [2.45, 2.75) is 12.3 Å². The third kappa shape index (κ3) is 0.708. The van der Waals surface area contributed by atoms with Crippen molar-refractivity contribution < 1.29 is 4.79 Å². The second kappa shape index (κ2) is 1.97. The first kappa shape index (κ1) is 5.95. The van der Waals surface area contributed by atoms with Gasteiger partial charge >= 0.3 is 0 Å². The fourth-order valence-corrected chi connectivity index (χ4v) is 1.47. The molecule has 1 aliphatic heterocycles. The number of hydrogen-bond donors (Lipinski definition) is 1. The van der Waals surface area contributed by atoms with E-state index in [-0.39, 0.29) is 11.8 Å². The zero-order valence-electron chi connectivity index (χ0n) is 4.97. The topological polar surface area (TPSA) is 29.1 Å². The molecule has 2 nitrogen and oxygen atoms in total. The number of carbonyl (C=O) groups excluding carboxylic acids is 1. The van der Waals surface area contributed by atoms with Gasteiger partial charge in [0.2, 0.25) is 5.91 Å². The molecule has 0 radical (unpaired) electrons. The maximum Gasteiger partial charge on any atom is 0.226 e. The molecule has 1 heterocycles. The van der Waals surface area contributed by atoms with Crippen molar-refractivity contribution in [2.24, 2.45) is 5.92 Å². The van der Waals surface area contributed by atoms with E-state index in [0.29, 0.717) is 5.37 Å². The molecule has 3 heteroatoms. The van der Waals surface area contributed by atoms with Gasteiger partial charge in [0.05, 0.1) is 11.3 Å². The Bertz CT molecular complexity index is 115. The van der Waals surface area contributed by atoms with Crippen LogP contribution in [0.4, 0.5) is 0 Å². The van der Waals surface area contributed by atoms with Crippen molar-refractivity contribution >= 4 is 17.7 Å².